The monoisotopic (exact) mass is 365 g/mol. The van der Waals surface area contributed by atoms with Crippen molar-refractivity contribution < 1.29 is 19.2 Å². The number of nitro benzene ring substituents is 1. The average molecular weight is 365 g/mol. The molecule has 0 atom stereocenters. The van der Waals surface area contributed by atoms with Crippen LogP contribution in [0.25, 0.3) is 10.9 Å². The smallest absolute Gasteiger partial charge is 0.357 e. The molecule has 0 radical (unpaired) electrons. The normalized spacial score (nSPS) is 10.4. The number of nitrogens with one attached hydrogen (secondary N) is 1. The van der Waals surface area contributed by atoms with Gasteiger partial charge in [-0.3, -0.25) is 14.9 Å². The van der Waals surface area contributed by atoms with Crippen molar-refractivity contribution in [2.24, 2.45) is 0 Å². The molecule has 0 aliphatic carbocycles. The molecule has 3 aromatic rings. The van der Waals surface area contributed by atoms with E-state index in [9.17, 15) is 19.7 Å². The Morgan fingerprint density at radius 2 is 1.93 bits per heavy atom. The minimum atomic E-state index is -0.712. The van der Waals surface area contributed by atoms with E-state index in [2.05, 4.69) is 10.3 Å². The number of rotatable bonds is 5. The second-order valence-corrected chi connectivity index (χ2v) is 5.77. The van der Waals surface area contributed by atoms with Gasteiger partial charge in [0, 0.05) is 23.2 Å². The lowest BCUT2D eigenvalue weighted by Gasteiger charge is -2.09. The summed E-state index contributed by atoms with van der Waals surface area (Å²) in [5.74, 6) is -1.27. The number of fused-ring (bicyclic) bond motifs is 1. The molecule has 8 heteroatoms. The molecule has 0 bridgehead atoms. The van der Waals surface area contributed by atoms with E-state index >= 15 is 0 Å². The molecule has 0 spiro atoms. The Kier molecular flexibility index (Phi) is 5.07. The van der Waals surface area contributed by atoms with Crippen LogP contribution in [0.1, 0.15) is 16.1 Å². The minimum Gasteiger partial charge on any atom is -0.451 e. The number of nitrogens with zero attached hydrogens (tertiary/aromatic N) is 2. The highest BCUT2D eigenvalue weighted by molar-refractivity contribution is 5.96. The average Bonchev–Trinajstić information content (AvgIpc) is 2.67. The van der Waals surface area contributed by atoms with Gasteiger partial charge in [0.05, 0.1) is 10.4 Å². The Morgan fingerprint density at radius 1 is 1.15 bits per heavy atom. The van der Waals surface area contributed by atoms with Crippen LogP contribution in [0.3, 0.4) is 0 Å². The molecule has 0 saturated carbocycles. The predicted molar refractivity (Wildman–Crippen MR) is 98.5 cm³/mol. The Labute approximate surface area is 153 Å². The second-order valence-electron chi connectivity index (χ2n) is 5.77. The lowest BCUT2D eigenvalue weighted by Crippen LogP contribution is -2.21. The second kappa shape index (κ2) is 7.61. The topological polar surface area (TPSA) is 111 Å². The molecule has 0 aliphatic rings. The summed E-state index contributed by atoms with van der Waals surface area (Å²) in [6.07, 6.45) is 0. The SMILES string of the molecule is Cc1cc([N+](=O)[O-])ccc1NC(=O)COC(=O)c1ccc2ccccc2n1. The van der Waals surface area contributed by atoms with Gasteiger partial charge in [-0.25, -0.2) is 9.78 Å². The van der Waals surface area contributed by atoms with Gasteiger partial charge in [-0.15, -0.1) is 0 Å². The molecule has 0 unspecified atom stereocenters. The number of amides is 1. The van der Waals surface area contributed by atoms with Crippen molar-refractivity contribution in [2.45, 2.75) is 6.92 Å². The maximum absolute atomic E-state index is 12.1. The molecular formula is C19H15N3O5. The highest BCUT2D eigenvalue weighted by Gasteiger charge is 2.14. The number of benzene rings is 2. The van der Waals surface area contributed by atoms with Gasteiger partial charge in [0.2, 0.25) is 0 Å². The molecule has 1 amide bonds. The van der Waals surface area contributed by atoms with Crippen molar-refractivity contribution in [3.8, 4) is 0 Å². The summed E-state index contributed by atoms with van der Waals surface area (Å²) in [6, 6.07) is 14.7. The molecule has 1 aromatic heterocycles. The van der Waals surface area contributed by atoms with E-state index in [4.69, 9.17) is 4.74 Å². The number of carbonyl (C=O) groups excluding carboxylic acids is 2. The standard InChI is InChI=1S/C19H15N3O5/c1-12-10-14(22(25)26)7-9-15(12)21-18(23)11-27-19(24)17-8-6-13-4-2-3-5-16(13)20-17/h2-10H,11H2,1H3,(H,21,23). The summed E-state index contributed by atoms with van der Waals surface area (Å²) >= 11 is 0. The molecular weight excluding hydrogens is 350 g/mol. The molecule has 8 nitrogen and oxygen atoms in total. The van der Waals surface area contributed by atoms with Crippen molar-refractivity contribution in [3.63, 3.8) is 0 Å². The largest absolute Gasteiger partial charge is 0.451 e. The number of nitro groups is 1. The number of aryl methyl sites for hydroxylation is 1. The summed E-state index contributed by atoms with van der Waals surface area (Å²) < 4.78 is 4.99. The van der Waals surface area contributed by atoms with Crippen LogP contribution in [0.2, 0.25) is 0 Å². The number of anilines is 1. The van der Waals surface area contributed by atoms with Gasteiger partial charge in [0.15, 0.2) is 6.61 Å². The van der Waals surface area contributed by atoms with Crippen LogP contribution in [-0.2, 0) is 9.53 Å². The maximum Gasteiger partial charge on any atom is 0.357 e. The summed E-state index contributed by atoms with van der Waals surface area (Å²) in [5.41, 5.74) is 1.62. The number of para-hydroxylation sites is 1. The van der Waals surface area contributed by atoms with Crippen LogP contribution in [0.4, 0.5) is 11.4 Å². The van der Waals surface area contributed by atoms with E-state index in [0.717, 1.165) is 5.39 Å². The van der Waals surface area contributed by atoms with Crippen LogP contribution in [-0.4, -0.2) is 28.4 Å². The number of pyridine rings is 1. The zero-order valence-corrected chi connectivity index (χ0v) is 14.3. The van der Waals surface area contributed by atoms with Gasteiger partial charge < -0.3 is 10.1 Å². The van der Waals surface area contributed by atoms with Gasteiger partial charge in [-0.1, -0.05) is 24.3 Å². The quantitative estimate of drug-likeness (QED) is 0.422. The van der Waals surface area contributed by atoms with Crippen LogP contribution in [0.5, 0.6) is 0 Å². The number of aromatic nitrogens is 1. The fraction of sp³-hybridized carbons (Fsp3) is 0.105. The molecule has 2 aromatic carbocycles. The molecule has 0 saturated heterocycles. The zero-order valence-electron chi connectivity index (χ0n) is 14.3. The summed E-state index contributed by atoms with van der Waals surface area (Å²) in [6.45, 7) is 1.14. The highest BCUT2D eigenvalue weighted by Crippen LogP contribution is 2.21. The zero-order chi connectivity index (χ0) is 19.4. The maximum atomic E-state index is 12.1. The first-order chi connectivity index (χ1) is 12.9. The minimum absolute atomic E-state index is 0.0701. The Bertz CT molecular complexity index is 1050. The Balaban J connectivity index is 1.61. The Hall–Kier alpha value is -3.81. The molecule has 0 aliphatic heterocycles. The van der Waals surface area contributed by atoms with E-state index in [1.807, 2.05) is 18.2 Å². The lowest BCUT2D eigenvalue weighted by atomic mass is 10.2. The third kappa shape index (κ3) is 4.24. The van der Waals surface area contributed by atoms with E-state index in [-0.39, 0.29) is 11.4 Å². The first-order valence-electron chi connectivity index (χ1n) is 8.02. The van der Waals surface area contributed by atoms with E-state index in [0.29, 0.717) is 16.8 Å². The Morgan fingerprint density at radius 3 is 2.67 bits per heavy atom. The summed E-state index contributed by atoms with van der Waals surface area (Å²) in [5, 5.41) is 14.2. The van der Waals surface area contributed by atoms with Crippen molar-refractivity contribution in [3.05, 3.63) is 76.0 Å². The van der Waals surface area contributed by atoms with E-state index in [1.165, 1.54) is 24.3 Å². The predicted octanol–water partition coefficient (Wildman–Crippen LogP) is 3.25. The summed E-state index contributed by atoms with van der Waals surface area (Å²) in [7, 11) is 0. The van der Waals surface area contributed by atoms with Gasteiger partial charge >= 0.3 is 5.97 Å². The van der Waals surface area contributed by atoms with Crippen LogP contribution < -0.4 is 5.32 Å². The fourth-order valence-corrected chi connectivity index (χ4v) is 2.47. The molecule has 1 heterocycles. The van der Waals surface area contributed by atoms with Crippen LogP contribution in [0, 0.1) is 17.0 Å². The third-order valence-electron chi connectivity index (χ3n) is 3.84. The van der Waals surface area contributed by atoms with Crippen LogP contribution >= 0.6 is 0 Å². The van der Waals surface area contributed by atoms with Gasteiger partial charge in [0.25, 0.3) is 11.6 Å². The highest BCUT2D eigenvalue weighted by atomic mass is 16.6. The fourth-order valence-electron chi connectivity index (χ4n) is 2.47. The number of non-ortho nitro benzene ring substituents is 1. The lowest BCUT2D eigenvalue weighted by molar-refractivity contribution is -0.384. The summed E-state index contributed by atoms with van der Waals surface area (Å²) in [4.78, 5) is 38.5. The van der Waals surface area contributed by atoms with Gasteiger partial charge in [-0.2, -0.15) is 0 Å². The third-order valence-corrected chi connectivity index (χ3v) is 3.84. The first-order valence-corrected chi connectivity index (χ1v) is 8.02. The van der Waals surface area contributed by atoms with Crippen LogP contribution in [0.15, 0.2) is 54.6 Å². The number of hydrogen-bond acceptors (Lipinski definition) is 6. The molecule has 27 heavy (non-hydrogen) atoms. The van der Waals surface area contributed by atoms with E-state index < -0.39 is 23.4 Å². The molecule has 136 valence electrons. The number of hydrogen-bond donors (Lipinski definition) is 1. The molecule has 0 fully saturated rings. The van der Waals surface area contributed by atoms with Gasteiger partial charge in [0.1, 0.15) is 5.69 Å². The van der Waals surface area contributed by atoms with Gasteiger partial charge in [-0.05, 0) is 30.7 Å². The van der Waals surface area contributed by atoms with Crippen molar-refractivity contribution in [1.82, 2.24) is 4.98 Å². The molecule has 1 N–H and O–H groups in total. The van der Waals surface area contributed by atoms with Crippen molar-refractivity contribution >= 4 is 34.2 Å². The van der Waals surface area contributed by atoms with Crippen molar-refractivity contribution in [2.75, 3.05) is 11.9 Å². The van der Waals surface area contributed by atoms with E-state index in [1.54, 1.807) is 19.1 Å². The number of carbonyl (C=O) groups is 2. The van der Waals surface area contributed by atoms with Crippen molar-refractivity contribution in [1.29, 1.82) is 0 Å². The first kappa shape index (κ1) is 18.0. The number of esters is 1. The molecule has 3 rings (SSSR count). The number of ether oxygens (including phenoxy) is 1.